The number of hydrogen-bond acceptors (Lipinski definition) is 3. The number of nitrogens with zero attached hydrogens (tertiary/aromatic N) is 3. The molecule has 0 aromatic carbocycles. The van der Waals surface area contributed by atoms with Crippen molar-refractivity contribution in [2.75, 3.05) is 25.5 Å². The minimum Gasteiger partial charge on any atom is -0.353 e. The van der Waals surface area contributed by atoms with Crippen LogP contribution in [-0.2, 0) is 6.54 Å². The zero-order valence-electron chi connectivity index (χ0n) is 10.8. The van der Waals surface area contributed by atoms with Crippen LogP contribution < -0.4 is 5.32 Å². The van der Waals surface area contributed by atoms with E-state index in [0.29, 0.717) is 6.04 Å². The van der Waals surface area contributed by atoms with Crippen molar-refractivity contribution in [2.24, 2.45) is 5.92 Å². The summed E-state index contributed by atoms with van der Waals surface area (Å²) in [7, 11) is 2.21. The second-order valence-corrected chi connectivity index (χ2v) is 5.69. The summed E-state index contributed by atoms with van der Waals surface area (Å²) in [5.41, 5.74) is 1.12. The summed E-state index contributed by atoms with van der Waals surface area (Å²) >= 11 is 0. The van der Waals surface area contributed by atoms with Gasteiger partial charge >= 0.3 is 0 Å². The maximum atomic E-state index is 4.59. The summed E-state index contributed by atoms with van der Waals surface area (Å²) in [5, 5.41) is 3.53. The average molecular weight is 234 g/mol. The number of anilines is 1. The van der Waals surface area contributed by atoms with Gasteiger partial charge in [0.1, 0.15) is 0 Å². The average Bonchev–Trinajstić information content (AvgIpc) is 2.89. The molecule has 1 atom stereocenters. The molecule has 1 unspecified atom stereocenters. The molecule has 1 saturated carbocycles. The number of hydrogen-bond donors (Lipinski definition) is 1. The van der Waals surface area contributed by atoms with E-state index >= 15 is 0 Å². The van der Waals surface area contributed by atoms with Crippen molar-refractivity contribution < 1.29 is 0 Å². The van der Waals surface area contributed by atoms with Crippen LogP contribution in [-0.4, -0.2) is 40.6 Å². The maximum Gasteiger partial charge on any atom is 0.203 e. The molecule has 1 aliphatic heterocycles. The zero-order chi connectivity index (χ0) is 11.8. The van der Waals surface area contributed by atoms with Crippen molar-refractivity contribution in [3.63, 3.8) is 0 Å². The highest BCUT2D eigenvalue weighted by Crippen LogP contribution is 2.25. The van der Waals surface area contributed by atoms with Gasteiger partial charge in [-0.25, -0.2) is 4.98 Å². The van der Waals surface area contributed by atoms with Gasteiger partial charge in [0.2, 0.25) is 5.95 Å². The van der Waals surface area contributed by atoms with Gasteiger partial charge in [-0.2, -0.15) is 0 Å². The van der Waals surface area contributed by atoms with Crippen molar-refractivity contribution in [1.82, 2.24) is 14.5 Å². The summed E-state index contributed by atoms with van der Waals surface area (Å²) in [6.07, 6.45) is 6.11. The van der Waals surface area contributed by atoms with E-state index in [-0.39, 0.29) is 0 Å². The Bertz CT molecular complexity index is 394. The topological polar surface area (TPSA) is 33.1 Å². The van der Waals surface area contributed by atoms with Gasteiger partial charge in [0.25, 0.3) is 0 Å². The standard InChI is InChI=1S/C13H22N4/c1-10-7-17(9-11-5-6-16(2)8-11)13(14-10)15-12-3-4-12/h7,11-12H,3-6,8-9H2,1-2H3,(H,14,15). The molecule has 3 rings (SSSR count). The minimum atomic E-state index is 0.682. The molecule has 1 N–H and O–H groups in total. The highest BCUT2D eigenvalue weighted by Gasteiger charge is 2.25. The first-order valence-corrected chi connectivity index (χ1v) is 6.69. The molecule has 17 heavy (non-hydrogen) atoms. The van der Waals surface area contributed by atoms with E-state index in [9.17, 15) is 0 Å². The summed E-state index contributed by atoms with van der Waals surface area (Å²) < 4.78 is 2.32. The summed E-state index contributed by atoms with van der Waals surface area (Å²) in [6, 6.07) is 0.682. The van der Waals surface area contributed by atoms with Crippen LogP contribution in [0.1, 0.15) is 25.0 Å². The van der Waals surface area contributed by atoms with E-state index < -0.39 is 0 Å². The number of rotatable bonds is 4. The van der Waals surface area contributed by atoms with Crippen LogP contribution in [0.2, 0.25) is 0 Å². The van der Waals surface area contributed by atoms with Gasteiger partial charge in [-0.1, -0.05) is 0 Å². The first-order valence-electron chi connectivity index (χ1n) is 6.69. The monoisotopic (exact) mass is 234 g/mol. The molecule has 2 aliphatic rings. The Balaban J connectivity index is 1.68. The molecule has 0 bridgehead atoms. The Labute approximate surface area is 103 Å². The van der Waals surface area contributed by atoms with Crippen LogP contribution in [0.15, 0.2) is 6.20 Å². The Morgan fingerprint density at radius 2 is 2.24 bits per heavy atom. The third-order valence-electron chi connectivity index (χ3n) is 3.75. The molecule has 0 amide bonds. The third kappa shape index (κ3) is 2.63. The lowest BCUT2D eigenvalue weighted by Gasteiger charge is -2.14. The lowest BCUT2D eigenvalue weighted by Crippen LogP contribution is -2.18. The van der Waals surface area contributed by atoms with Crippen LogP contribution >= 0.6 is 0 Å². The van der Waals surface area contributed by atoms with Crippen LogP contribution in [0.5, 0.6) is 0 Å². The maximum absolute atomic E-state index is 4.59. The van der Waals surface area contributed by atoms with Gasteiger partial charge in [-0.05, 0) is 45.7 Å². The number of likely N-dealkylation sites (tertiary alicyclic amines) is 1. The Morgan fingerprint density at radius 1 is 1.41 bits per heavy atom. The molecule has 4 heteroatoms. The largest absolute Gasteiger partial charge is 0.353 e. The minimum absolute atomic E-state index is 0.682. The summed E-state index contributed by atoms with van der Waals surface area (Å²) in [5.74, 6) is 1.87. The zero-order valence-corrected chi connectivity index (χ0v) is 10.8. The van der Waals surface area contributed by atoms with E-state index in [2.05, 4.69) is 39.9 Å². The Morgan fingerprint density at radius 3 is 2.88 bits per heavy atom. The quantitative estimate of drug-likeness (QED) is 0.861. The Kier molecular flexibility index (Phi) is 2.82. The van der Waals surface area contributed by atoms with Crippen molar-refractivity contribution in [3.05, 3.63) is 11.9 Å². The molecule has 1 aromatic heterocycles. The second-order valence-electron chi connectivity index (χ2n) is 5.69. The van der Waals surface area contributed by atoms with Crippen LogP contribution in [0.4, 0.5) is 5.95 Å². The predicted octanol–water partition coefficient (Wildman–Crippen LogP) is 1.72. The van der Waals surface area contributed by atoms with E-state index in [1.54, 1.807) is 0 Å². The third-order valence-corrected chi connectivity index (χ3v) is 3.75. The highest BCUT2D eigenvalue weighted by molar-refractivity contribution is 5.32. The number of aromatic nitrogens is 2. The van der Waals surface area contributed by atoms with Gasteiger partial charge in [0.15, 0.2) is 0 Å². The fraction of sp³-hybridized carbons (Fsp3) is 0.769. The molecule has 1 aliphatic carbocycles. The molecular weight excluding hydrogens is 212 g/mol. The van der Waals surface area contributed by atoms with Crippen LogP contribution in [0.25, 0.3) is 0 Å². The molecule has 4 nitrogen and oxygen atoms in total. The number of nitrogens with one attached hydrogen (secondary N) is 1. The van der Waals surface area contributed by atoms with Crippen molar-refractivity contribution >= 4 is 5.95 Å². The molecule has 1 saturated heterocycles. The number of imidazole rings is 1. The second kappa shape index (κ2) is 4.33. The molecule has 1 aromatic rings. The fourth-order valence-electron chi connectivity index (χ4n) is 2.66. The predicted molar refractivity (Wildman–Crippen MR) is 69.2 cm³/mol. The van der Waals surface area contributed by atoms with Gasteiger partial charge in [0, 0.05) is 25.3 Å². The lowest BCUT2D eigenvalue weighted by atomic mass is 10.1. The van der Waals surface area contributed by atoms with Crippen molar-refractivity contribution in [1.29, 1.82) is 0 Å². The SMILES string of the molecule is Cc1cn(CC2CCN(C)C2)c(NC2CC2)n1. The van der Waals surface area contributed by atoms with Crippen molar-refractivity contribution in [2.45, 2.75) is 38.8 Å². The van der Waals surface area contributed by atoms with Gasteiger partial charge in [-0.3, -0.25) is 0 Å². The molecule has 0 spiro atoms. The molecule has 2 fully saturated rings. The normalized spacial score (nSPS) is 25.4. The number of aryl methyl sites for hydroxylation is 1. The molecule has 94 valence electrons. The summed E-state index contributed by atoms with van der Waals surface area (Å²) in [4.78, 5) is 7.01. The Hall–Kier alpha value is -1.03. The molecule has 2 heterocycles. The first-order chi connectivity index (χ1) is 8.20. The highest BCUT2D eigenvalue weighted by atomic mass is 15.2. The fourth-order valence-corrected chi connectivity index (χ4v) is 2.66. The molecular formula is C13H22N4. The smallest absolute Gasteiger partial charge is 0.203 e. The van der Waals surface area contributed by atoms with Crippen LogP contribution in [0.3, 0.4) is 0 Å². The van der Waals surface area contributed by atoms with Crippen LogP contribution in [0, 0.1) is 12.8 Å². The van der Waals surface area contributed by atoms with Gasteiger partial charge < -0.3 is 14.8 Å². The van der Waals surface area contributed by atoms with E-state index in [1.807, 2.05) is 0 Å². The summed E-state index contributed by atoms with van der Waals surface area (Å²) in [6.45, 7) is 5.65. The molecule has 0 radical (unpaired) electrons. The van der Waals surface area contributed by atoms with E-state index in [4.69, 9.17) is 0 Å². The van der Waals surface area contributed by atoms with E-state index in [1.165, 1.54) is 32.4 Å². The first kappa shape index (κ1) is 11.1. The lowest BCUT2D eigenvalue weighted by molar-refractivity contribution is 0.378. The van der Waals surface area contributed by atoms with E-state index in [0.717, 1.165) is 24.1 Å². The van der Waals surface area contributed by atoms with Gasteiger partial charge in [0.05, 0.1) is 5.69 Å². The van der Waals surface area contributed by atoms with Crippen molar-refractivity contribution in [3.8, 4) is 0 Å². The van der Waals surface area contributed by atoms with Gasteiger partial charge in [-0.15, -0.1) is 0 Å².